The van der Waals surface area contributed by atoms with Gasteiger partial charge < -0.3 is 15.7 Å². The van der Waals surface area contributed by atoms with Crippen LogP contribution < -0.4 is 10.6 Å². The lowest BCUT2D eigenvalue weighted by Gasteiger charge is -2.26. The van der Waals surface area contributed by atoms with Gasteiger partial charge in [-0.05, 0) is 24.1 Å². The van der Waals surface area contributed by atoms with Gasteiger partial charge in [-0.1, -0.05) is 23.7 Å². The highest BCUT2D eigenvalue weighted by atomic mass is 35.5. The van der Waals surface area contributed by atoms with Crippen molar-refractivity contribution < 1.29 is 14.7 Å². The first-order valence-electron chi connectivity index (χ1n) is 7.26. The molecule has 0 saturated carbocycles. The lowest BCUT2D eigenvalue weighted by molar-refractivity contribution is -0.129. The fourth-order valence-corrected chi connectivity index (χ4v) is 2.42. The average Bonchev–Trinajstić information content (AvgIpc) is 2.51. The van der Waals surface area contributed by atoms with E-state index in [0.717, 1.165) is 19.5 Å². The summed E-state index contributed by atoms with van der Waals surface area (Å²) in [4.78, 5) is 25.1. The number of carbonyl (C=O) groups is 2. The first-order valence-corrected chi connectivity index (χ1v) is 7.64. The molecule has 7 heteroatoms. The molecule has 22 heavy (non-hydrogen) atoms. The number of halogens is 1. The largest absolute Gasteiger partial charge is 0.378 e. The summed E-state index contributed by atoms with van der Waals surface area (Å²) in [6.07, 6.45) is -0.468. The van der Waals surface area contributed by atoms with Crippen molar-refractivity contribution in [2.45, 2.75) is 12.5 Å². The first-order chi connectivity index (χ1) is 10.6. The van der Waals surface area contributed by atoms with E-state index >= 15 is 0 Å². The van der Waals surface area contributed by atoms with Crippen molar-refractivity contribution in [2.75, 3.05) is 32.7 Å². The van der Waals surface area contributed by atoms with Crippen molar-refractivity contribution in [3.05, 3.63) is 34.9 Å². The Bertz CT molecular complexity index is 521. The monoisotopic (exact) mass is 325 g/mol. The smallest absolute Gasteiger partial charge is 0.253 e. The van der Waals surface area contributed by atoms with E-state index in [2.05, 4.69) is 10.6 Å². The van der Waals surface area contributed by atoms with E-state index in [9.17, 15) is 14.7 Å². The zero-order valence-corrected chi connectivity index (χ0v) is 13.0. The Kier molecular flexibility index (Phi) is 6.18. The third-order valence-corrected chi connectivity index (χ3v) is 3.75. The lowest BCUT2D eigenvalue weighted by Crippen LogP contribution is -2.48. The van der Waals surface area contributed by atoms with Gasteiger partial charge in [0.15, 0.2) is 6.10 Å². The predicted molar refractivity (Wildman–Crippen MR) is 83.5 cm³/mol. The first kappa shape index (κ1) is 16.7. The highest BCUT2D eigenvalue weighted by molar-refractivity contribution is 6.30. The maximum absolute atomic E-state index is 11.9. The molecular weight excluding hydrogens is 306 g/mol. The molecule has 2 rings (SSSR count). The van der Waals surface area contributed by atoms with Crippen LogP contribution in [-0.4, -0.2) is 54.5 Å². The summed E-state index contributed by atoms with van der Waals surface area (Å²) in [6.45, 7) is 3.10. The minimum absolute atomic E-state index is 0.0356. The molecule has 120 valence electrons. The van der Waals surface area contributed by atoms with Crippen LogP contribution in [-0.2, 0) is 9.59 Å². The molecule has 2 amide bonds. The molecule has 0 aliphatic carbocycles. The molecule has 0 bridgehead atoms. The number of piperazine rings is 1. The number of nitrogens with one attached hydrogen (secondary N) is 2. The maximum Gasteiger partial charge on any atom is 0.253 e. The zero-order valence-electron chi connectivity index (χ0n) is 12.2. The molecule has 1 fully saturated rings. The Morgan fingerprint density at radius 3 is 2.82 bits per heavy atom. The normalized spacial score (nSPS) is 16.9. The SMILES string of the molecule is O=C1CN(CCCNC(=O)C(O)c2ccc(Cl)cc2)CCN1. The summed E-state index contributed by atoms with van der Waals surface area (Å²) in [5.41, 5.74) is 0.509. The molecule has 1 aromatic carbocycles. The van der Waals surface area contributed by atoms with Crippen molar-refractivity contribution in [1.29, 1.82) is 0 Å². The third-order valence-electron chi connectivity index (χ3n) is 3.50. The van der Waals surface area contributed by atoms with Gasteiger partial charge in [0.1, 0.15) is 0 Å². The van der Waals surface area contributed by atoms with E-state index in [-0.39, 0.29) is 5.91 Å². The summed E-state index contributed by atoms with van der Waals surface area (Å²) in [6, 6.07) is 6.52. The molecule has 6 nitrogen and oxygen atoms in total. The summed E-state index contributed by atoms with van der Waals surface area (Å²) >= 11 is 5.77. The molecule has 0 aromatic heterocycles. The second kappa shape index (κ2) is 8.12. The van der Waals surface area contributed by atoms with E-state index < -0.39 is 12.0 Å². The van der Waals surface area contributed by atoms with Crippen LogP contribution >= 0.6 is 11.6 Å². The van der Waals surface area contributed by atoms with E-state index in [1.807, 2.05) is 4.90 Å². The van der Waals surface area contributed by atoms with Gasteiger partial charge >= 0.3 is 0 Å². The van der Waals surface area contributed by atoms with Crippen LogP contribution in [0.15, 0.2) is 24.3 Å². The van der Waals surface area contributed by atoms with E-state index in [1.54, 1.807) is 24.3 Å². The number of hydrogen-bond acceptors (Lipinski definition) is 4. The van der Waals surface area contributed by atoms with Crippen LogP contribution in [0.2, 0.25) is 5.02 Å². The molecule has 1 unspecified atom stereocenters. The minimum Gasteiger partial charge on any atom is -0.378 e. The highest BCUT2D eigenvalue weighted by Crippen LogP contribution is 2.16. The van der Waals surface area contributed by atoms with Crippen molar-refractivity contribution in [2.24, 2.45) is 0 Å². The van der Waals surface area contributed by atoms with E-state index in [1.165, 1.54) is 0 Å². The van der Waals surface area contributed by atoms with Crippen molar-refractivity contribution in [1.82, 2.24) is 15.5 Å². The average molecular weight is 326 g/mol. The number of amides is 2. The molecule has 3 N–H and O–H groups in total. The van der Waals surface area contributed by atoms with Gasteiger partial charge in [0, 0.05) is 31.2 Å². The Labute approximate surface area is 134 Å². The van der Waals surface area contributed by atoms with Gasteiger partial charge in [-0.25, -0.2) is 0 Å². The quantitative estimate of drug-likeness (QED) is 0.658. The second-order valence-corrected chi connectivity index (χ2v) is 5.66. The number of carbonyl (C=O) groups excluding carboxylic acids is 2. The number of aliphatic hydroxyl groups is 1. The summed E-state index contributed by atoms with van der Waals surface area (Å²) in [7, 11) is 0. The zero-order chi connectivity index (χ0) is 15.9. The molecule has 0 radical (unpaired) electrons. The van der Waals surface area contributed by atoms with Crippen LogP contribution in [0.3, 0.4) is 0 Å². The van der Waals surface area contributed by atoms with E-state index in [0.29, 0.717) is 30.2 Å². The topological polar surface area (TPSA) is 81.7 Å². The fourth-order valence-electron chi connectivity index (χ4n) is 2.29. The van der Waals surface area contributed by atoms with Crippen LogP contribution in [0.1, 0.15) is 18.1 Å². The standard InChI is InChI=1S/C15H20ClN3O3/c16-12-4-2-11(3-5-12)14(21)15(22)18-6-1-8-19-9-7-17-13(20)10-19/h2-5,14,21H,1,6-10H2,(H,17,20)(H,18,22). The Balaban J connectivity index is 1.68. The van der Waals surface area contributed by atoms with Crippen LogP contribution in [0.25, 0.3) is 0 Å². The Morgan fingerprint density at radius 2 is 2.14 bits per heavy atom. The van der Waals surface area contributed by atoms with Crippen LogP contribution in [0, 0.1) is 0 Å². The van der Waals surface area contributed by atoms with Gasteiger partial charge in [0.25, 0.3) is 5.91 Å². The van der Waals surface area contributed by atoms with Crippen molar-refractivity contribution in [3.8, 4) is 0 Å². The van der Waals surface area contributed by atoms with Gasteiger partial charge in [-0.3, -0.25) is 14.5 Å². The van der Waals surface area contributed by atoms with E-state index in [4.69, 9.17) is 11.6 Å². The minimum atomic E-state index is -1.20. The predicted octanol–water partition coefficient (Wildman–Crippen LogP) is 0.312. The van der Waals surface area contributed by atoms with Crippen molar-refractivity contribution >= 4 is 23.4 Å². The summed E-state index contributed by atoms with van der Waals surface area (Å²) < 4.78 is 0. The molecule has 1 heterocycles. The maximum atomic E-state index is 11.9. The summed E-state index contributed by atoms with van der Waals surface area (Å²) in [5.74, 6) is -0.396. The number of rotatable bonds is 6. The van der Waals surface area contributed by atoms with Crippen molar-refractivity contribution in [3.63, 3.8) is 0 Å². The fraction of sp³-hybridized carbons (Fsp3) is 0.467. The van der Waals surface area contributed by atoms with Crippen LogP contribution in [0.5, 0.6) is 0 Å². The van der Waals surface area contributed by atoms with Gasteiger partial charge in [0.2, 0.25) is 5.91 Å². The third kappa shape index (κ3) is 4.98. The Hall–Kier alpha value is -1.63. The Morgan fingerprint density at radius 1 is 1.41 bits per heavy atom. The molecule has 1 saturated heterocycles. The van der Waals surface area contributed by atoms with Gasteiger partial charge in [0.05, 0.1) is 6.54 Å². The lowest BCUT2D eigenvalue weighted by atomic mass is 10.1. The van der Waals surface area contributed by atoms with Crippen LogP contribution in [0.4, 0.5) is 0 Å². The van der Waals surface area contributed by atoms with Gasteiger partial charge in [-0.15, -0.1) is 0 Å². The molecule has 1 atom stereocenters. The molecule has 1 aliphatic heterocycles. The molecule has 1 aromatic rings. The molecule has 1 aliphatic rings. The molecular formula is C15H20ClN3O3. The summed E-state index contributed by atoms with van der Waals surface area (Å²) in [5, 5.41) is 16.0. The molecule has 0 spiro atoms. The second-order valence-electron chi connectivity index (χ2n) is 5.22. The number of benzene rings is 1. The number of hydrogen-bond donors (Lipinski definition) is 3. The number of aliphatic hydroxyl groups excluding tert-OH is 1. The highest BCUT2D eigenvalue weighted by Gasteiger charge is 2.18. The number of nitrogens with zero attached hydrogens (tertiary/aromatic N) is 1. The van der Waals surface area contributed by atoms with Gasteiger partial charge in [-0.2, -0.15) is 0 Å².